The van der Waals surface area contributed by atoms with Crippen molar-refractivity contribution in [2.24, 2.45) is 0 Å². The van der Waals surface area contributed by atoms with E-state index in [9.17, 15) is 0 Å². The smallest absolute Gasteiger partial charge is 0.0228 e. The summed E-state index contributed by atoms with van der Waals surface area (Å²) in [5.41, 5.74) is 1.26. The van der Waals surface area contributed by atoms with Gasteiger partial charge in [0, 0.05) is 11.4 Å². The van der Waals surface area contributed by atoms with E-state index in [0.29, 0.717) is 0 Å². The number of allylic oxidation sites excluding steroid dienone is 1. The van der Waals surface area contributed by atoms with Crippen LogP contribution in [0.1, 0.15) is 19.8 Å². The van der Waals surface area contributed by atoms with Crippen LogP contribution in [0.25, 0.3) is 0 Å². The molecule has 1 aromatic carbocycles. The van der Waals surface area contributed by atoms with Gasteiger partial charge in [-0.1, -0.05) is 23.8 Å². The predicted octanol–water partition coefficient (Wildman–Crippen LogP) is 3.64. The van der Waals surface area contributed by atoms with Gasteiger partial charge in [0.25, 0.3) is 0 Å². The lowest BCUT2D eigenvalue weighted by atomic mass is 10.2. The van der Waals surface area contributed by atoms with Gasteiger partial charge >= 0.3 is 0 Å². The highest BCUT2D eigenvalue weighted by Gasteiger charge is 1.91. The third kappa shape index (κ3) is 5.10. The van der Waals surface area contributed by atoms with Crippen molar-refractivity contribution in [2.75, 3.05) is 6.54 Å². The van der Waals surface area contributed by atoms with Crippen LogP contribution in [0, 0.1) is 0 Å². The van der Waals surface area contributed by atoms with E-state index >= 15 is 0 Å². The fourth-order valence-corrected chi connectivity index (χ4v) is 1.79. The van der Waals surface area contributed by atoms with E-state index in [-0.39, 0.29) is 0 Å². The molecule has 1 N–H and O–H groups in total. The highest BCUT2D eigenvalue weighted by atomic mass is 32.2. The first kappa shape index (κ1) is 11.3. The molecule has 1 rings (SSSR count). The first-order valence-corrected chi connectivity index (χ1v) is 5.70. The summed E-state index contributed by atoms with van der Waals surface area (Å²) >= 11 is 1.69. The minimum Gasteiger partial charge on any atom is -0.260 e. The van der Waals surface area contributed by atoms with Crippen LogP contribution in [0.4, 0.5) is 0 Å². The summed E-state index contributed by atoms with van der Waals surface area (Å²) in [7, 11) is 0. The molecule has 1 aromatic rings. The molecule has 0 aliphatic heterocycles. The van der Waals surface area contributed by atoms with Crippen LogP contribution in [0.3, 0.4) is 0 Å². The molecule has 14 heavy (non-hydrogen) atoms. The molecule has 0 bridgehead atoms. The summed E-state index contributed by atoms with van der Waals surface area (Å²) in [4.78, 5) is 1.27. The Bertz CT molecular complexity index is 269. The van der Waals surface area contributed by atoms with Crippen molar-refractivity contribution < 1.29 is 0 Å². The molecule has 0 atom stereocenters. The Morgan fingerprint density at radius 1 is 1.36 bits per heavy atom. The molecule has 1 nitrogen and oxygen atoms in total. The molecule has 0 saturated carbocycles. The van der Waals surface area contributed by atoms with Crippen LogP contribution in [-0.4, -0.2) is 6.54 Å². The quantitative estimate of drug-likeness (QED) is 0.434. The minimum absolute atomic E-state index is 1.03. The minimum atomic E-state index is 1.03. The van der Waals surface area contributed by atoms with Gasteiger partial charge in [-0.2, -0.15) is 0 Å². The van der Waals surface area contributed by atoms with Gasteiger partial charge in [-0.25, -0.2) is 0 Å². The summed E-state index contributed by atoms with van der Waals surface area (Å²) in [6.07, 6.45) is 2.28. The standard InChI is InChI=1S/C12H17NS/c1-11(2)7-6-10-13-14-12-8-4-3-5-9-12/h3-5,8-9,13H,1,6-7,10H2,2H3. The molecular weight excluding hydrogens is 190 g/mol. The molecule has 76 valence electrons. The fourth-order valence-electron chi connectivity index (χ4n) is 1.09. The largest absolute Gasteiger partial charge is 0.260 e. The van der Waals surface area contributed by atoms with Gasteiger partial charge in [0.2, 0.25) is 0 Å². The molecule has 2 heteroatoms. The van der Waals surface area contributed by atoms with Crippen LogP contribution in [-0.2, 0) is 0 Å². The van der Waals surface area contributed by atoms with Crippen molar-refractivity contribution in [1.82, 2.24) is 4.72 Å². The zero-order valence-corrected chi connectivity index (χ0v) is 9.44. The van der Waals surface area contributed by atoms with Crippen LogP contribution in [0.5, 0.6) is 0 Å². The lowest BCUT2D eigenvalue weighted by Gasteiger charge is -2.03. The van der Waals surface area contributed by atoms with Gasteiger partial charge in [-0.3, -0.25) is 4.72 Å². The van der Waals surface area contributed by atoms with Gasteiger partial charge < -0.3 is 0 Å². The van der Waals surface area contributed by atoms with E-state index in [0.717, 1.165) is 19.4 Å². The lowest BCUT2D eigenvalue weighted by Crippen LogP contribution is -2.04. The van der Waals surface area contributed by atoms with E-state index in [1.807, 2.05) is 6.07 Å². The Morgan fingerprint density at radius 2 is 2.07 bits per heavy atom. The second-order valence-electron chi connectivity index (χ2n) is 3.37. The fraction of sp³-hybridized carbons (Fsp3) is 0.333. The molecule has 0 aromatic heterocycles. The van der Waals surface area contributed by atoms with E-state index in [2.05, 4.69) is 42.5 Å². The molecule has 0 aliphatic carbocycles. The number of benzene rings is 1. The third-order valence-corrected chi connectivity index (χ3v) is 2.67. The van der Waals surface area contributed by atoms with Crippen LogP contribution >= 0.6 is 11.9 Å². The van der Waals surface area contributed by atoms with Gasteiger partial charge in [0.1, 0.15) is 0 Å². The predicted molar refractivity (Wildman–Crippen MR) is 64.3 cm³/mol. The van der Waals surface area contributed by atoms with Crippen LogP contribution in [0.15, 0.2) is 47.4 Å². The molecule has 0 fully saturated rings. The molecule has 0 radical (unpaired) electrons. The highest BCUT2D eigenvalue weighted by Crippen LogP contribution is 2.13. The second kappa shape index (κ2) is 6.68. The maximum absolute atomic E-state index is 3.88. The van der Waals surface area contributed by atoms with E-state index in [4.69, 9.17) is 0 Å². The van der Waals surface area contributed by atoms with Gasteiger partial charge in [-0.15, -0.1) is 6.58 Å². The van der Waals surface area contributed by atoms with Gasteiger partial charge in [-0.05, 0) is 43.8 Å². The topological polar surface area (TPSA) is 12.0 Å². The Morgan fingerprint density at radius 3 is 2.71 bits per heavy atom. The third-order valence-electron chi connectivity index (χ3n) is 1.82. The average Bonchev–Trinajstić information content (AvgIpc) is 2.18. The maximum Gasteiger partial charge on any atom is 0.0228 e. The Labute approximate surface area is 90.7 Å². The molecule has 0 saturated heterocycles. The number of hydrogen-bond acceptors (Lipinski definition) is 2. The Hall–Kier alpha value is -0.730. The van der Waals surface area contributed by atoms with Crippen molar-refractivity contribution in [3.05, 3.63) is 42.5 Å². The molecule has 0 unspecified atom stereocenters. The SMILES string of the molecule is C=C(C)CCCNSc1ccccc1. The number of rotatable bonds is 6. The highest BCUT2D eigenvalue weighted by molar-refractivity contribution is 7.97. The van der Waals surface area contributed by atoms with E-state index in [1.165, 1.54) is 10.5 Å². The zero-order valence-electron chi connectivity index (χ0n) is 8.62. The summed E-state index contributed by atoms with van der Waals surface area (Å²) in [5.74, 6) is 0. The molecule has 0 aliphatic rings. The van der Waals surface area contributed by atoms with Crippen molar-refractivity contribution in [3.63, 3.8) is 0 Å². The summed E-state index contributed by atoms with van der Waals surface area (Å²) in [5, 5.41) is 0. The number of hydrogen-bond donors (Lipinski definition) is 1. The van der Waals surface area contributed by atoms with Crippen LogP contribution in [0.2, 0.25) is 0 Å². The molecule has 0 amide bonds. The van der Waals surface area contributed by atoms with Gasteiger partial charge in [0.15, 0.2) is 0 Å². The molecule has 0 spiro atoms. The summed E-state index contributed by atoms with van der Waals surface area (Å²) < 4.78 is 3.33. The summed E-state index contributed by atoms with van der Waals surface area (Å²) in [6, 6.07) is 10.4. The lowest BCUT2D eigenvalue weighted by molar-refractivity contribution is 0.792. The molecular formula is C12H17NS. The van der Waals surface area contributed by atoms with Crippen molar-refractivity contribution in [2.45, 2.75) is 24.7 Å². The van der Waals surface area contributed by atoms with Crippen LogP contribution < -0.4 is 4.72 Å². The maximum atomic E-state index is 3.88. The van der Waals surface area contributed by atoms with E-state index < -0.39 is 0 Å². The van der Waals surface area contributed by atoms with Crippen molar-refractivity contribution in [3.8, 4) is 0 Å². The molecule has 0 heterocycles. The normalized spacial score (nSPS) is 10.1. The first-order valence-electron chi connectivity index (χ1n) is 4.88. The Balaban J connectivity index is 2.08. The average molecular weight is 207 g/mol. The van der Waals surface area contributed by atoms with E-state index in [1.54, 1.807) is 11.9 Å². The van der Waals surface area contributed by atoms with Crippen molar-refractivity contribution >= 4 is 11.9 Å². The summed E-state index contributed by atoms with van der Waals surface area (Å²) in [6.45, 7) is 6.98. The van der Waals surface area contributed by atoms with Gasteiger partial charge in [0.05, 0.1) is 0 Å². The second-order valence-corrected chi connectivity index (χ2v) is 4.33. The number of nitrogens with one attached hydrogen (secondary N) is 1. The Kier molecular flexibility index (Phi) is 5.42. The van der Waals surface area contributed by atoms with Crippen molar-refractivity contribution in [1.29, 1.82) is 0 Å². The zero-order chi connectivity index (χ0) is 10.2. The first-order chi connectivity index (χ1) is 6.79. The monoisotopic (exact) mass is 207 g/mol.